The molecule has 0 spiro atoms. The lowest BCUT2D eigenvalue weighted by molar-refractivity contribution is -0.890. The lowest BCUT2D eigenvalue weighted by Crippen LogP contribution is -2.41. The van der Waals surface area contributed by atoms with Gasteiger partial charge >= 0.3 is 7.82 Å². The number of phosphoric acid groups is 2. The number of hydrogen-bond donors (Lipinski definition) is 5. The van der Waals surface area contributed by atoms with E-state index in [0.29, 0.717) is 0 Å². The predicted octanol–water partition coefficient (Wildman–Crippen LogP) is 7.52. The van der Waals surface area contributed by atoms with Crippen LogP contribution in [0.4, 0.5) is 0 Å². The van der Waals surface area contributed by atoms with E-state index in [1.54, 1.807) is 0 Å². The van der Waals surface area contributed by atoms with Gasteiger partial charge in [0.2, 0.25) is 0 Å². The average Bonchev–Trinajstić information content (AvgIpc) is 2.89. The number of rotatable bonds is 17. The second-order valence-corrected chi connectivity index (χ2v) is 15.3. The van der Waals surface area contributed by atoms with E-state index in [2.05, 4.69) is 46.9 Å². The fourth-order valence-electron chi connectivity index (χ4n) is 5.41. The molecule has 270 valence electrons. The van der Waals surface area contributed by atoms with Gasteiger partial charge in [-0.25, -0.2) is 4.57 Å². The van der Waals surface area contributed by atoms with Gasteiger partial charge in [0.1, 0.15) is 0 Å². The third-order valence-electron chi connectivity index (χ3n) is 8.04. The van der Waals surface area contributed by atoms with Crippen molar-refractivity contribution in [2.45, 2.75) is 168 Å². The van der Waals surface area contributed by atoms with Crippen molar-refractivity contribution in [3.63, 3.8) is 0 Å². The molecule has 5 N–H and O–H groups in total. The van der Waals surface area contributed by atoms with Gasteiger partial charge in [-0.1, -0.05) is 123 Å². The Morgan fingerprint density at radius 2 is 0.841 bits per heavy atom. The first-order valence-electron chi connectivity index (χ1n) is 17.5. The molecule has 0 aromatic carbocycles. The number of hydrogen-bond acceptors (Lipinski definition) is 4. The first-order valence-corrected chi connectivity index (χ1v) is 20.6. The van der Waals surface area contributed by atoms with Gasteiger partial charge in [0.25, 0.3) is 7.82 Å². The van der Waals surface area contributed by atoms with Gasteiger partial charge in [-0.3, -0.25) is 4.57 Å². The molecule has 0 saturated heterocycles. The summed E-state index contributed by atoms with van der Waals surface area (Å²) in [5.41, 5.74) is 0. The Labute approximate surface area is 272 Å². The molecule has 1 aliphatic rings. The van der Waals surface area contributed by atoms with E-state index >= 15 is 0 Å². The topological polar surface area (TPSA) is 162 Å². The second-order valence-electron chi connectivity index (χ2n) is 13.3. The predicted molar refractivity (Wildman–Crippen MR) is 183 cm³/mol. The Balaban J connectivity index is -0.000000613. The summed E-state index contributed by atoms with van der Waals surface area (Å²) >= 11 is 0. The average molecular weight is 677 g/mol. The lowest BCUT2D eigenvalue weighted by Gasteiger charge is -2.30. The number of nitrogens with zero attached hydrogens (tertiary/aromatic N) is 2. The summed E-state index contributed by atoms with van der Waals surface area (Å²) in [5, 5.41) is 0. The highest BCUT2D eigenvalue weighted by Gasteiger charge is 2.13. The highest BCUT2D eigenvalue weighted by atomic mass is 31.2. The van der Waals surface area contributed by atoms with Crippen molar-refractivity contribution in [3.8, 4) is 0 Å². The molecular weight excluding hydrogens is 602 g/mol. The first kappa shape index (κ1) is 48.5. The molecule has 0 aromatic rings. The van der Waals surface area contributed by atoms with Gasteiger partial charge in [0, 0.05) is 6.04 Å². The van der Waals surface area contributed by atoms with E-state index in [4.69, 9.17) is 38.5 Å². The van der Waals surface area contributed by atoms with Crippen molar-refractivity contribution in [1.82, 2.24) is 4.90 Å². The monoisotopic (exact) mass is 676 g/mol. The molecule has 0 bridgehead atoms. The Kier molecular flexibility index (Phi) is 35.0. The van der Waals surface area contributed by atoms with Crippen LogP contribution in [0, 0.1) is 0 Å². The van der Waals surface area contributed by atoms with E-state index in [1.165, 1.54) is 165 Å². The minimum atomic E-state index is -4.89. The van der Waals surface area contributed by atoms with Crippen molar-refractivity contribution in [2.75, 3.05) is 41.3 Å². The smallest absolute Gasteiger partial charge is 0.466 e. The summed E-state index contributed by atoms with van der Waals surface area (Å²) in [5.74, 6) is 0. The van der Waals surface area contributed by atoms with Crippen molar-refractivity contribution in [3.05, 3.63) is 0 Å². The minimum Gasteiger partial charge on any atom is -0.756 e. The second kappa shape index (κ2) is 31.7. The van der Waals surface area contributed by atoms with E-state index < -0.39 is 15.6 Å². The third kappa shape index (κ3) is 54.6. The normalized spacial score (nSPS) is 15.3. The molecule has 12 heteroatoms. The molecule has 44 heavy (non-hydrogen) atoms. The molecule has 1 fully saturated rings. The largest absolute Gasteiger partial charge is 0.756 e. The summed E-state index contributed by atoms with van der Waals surface area (Å²) in [6, 6.07) is 0.859. The molecule has 10 nitrogen and oxygen atoms in total. The Bertz CT molecular complexity index is 621. The van der Waals surface area contributed by atoms with Gasteiger partial charge in [-0.2, -0.15) is 0 Å². The SMILES string of the molecule is CCCCCCCCC[N+](C)(C)CCCCCCCCC.CN(C)C1CCCCCCCCC1.O=P(O)(O)O.O=P([O-])(O)O. The molecule has 0 amide bonds. The Morgan fingerprint density at radius 3 is 1.11 bits per heavy atom. The van der Waals surface area contributed by atoms with Crippen molar-refractivity contribution < 1.29 is 43.0 Å². The zero-order chi connectivity index (χ0) is 34.3. The van der Waals surface area contributed by atoms with Crippen LogP contribution in [0.1, 0.15) is 162 Å². The quantitative estimate of drug-likeness (QED) is 0.0596. The van der Waals surface area contributed by atoms with Crippen LogP contribution in [0.5, 0.6) is 0 Å². The molecule has 0 aromatic heterocycles. The number of unbranched alkanes of at least 4 members (excludes halogenated alkanes) is 12. The van der Waals surface area contributed by atoms with E-state index in [1.807, 2.05) is 0 Å². The molecular formula is C32H74N2O8P2. The van der Waals surface area contributed by atoms with E-state index in [0.717, 1.165) is 6.04 Å². The molecule has 0 heterocycles. The van der Waals surface area contributed by atoms with Gasteiger partial charge < -0.3 is 38.7 Å². The minimum absolute atomic E-state index is 0.859. The summed E-state index contributed by atoms with van der Waals surface area (Å²) in [6.45, 7) is 7.35. The number of quaternary nitrogens is 1. The summed E-state index contributed by atoms with van der Waals surface area (Å²) in [7, 11) is -0.213. The summed E-state index contributed by atoms with van der Waals surface area (Å²) < 4.78 is 18.9. The maximum atomic E-state index is 8.88. The zero-order valence-electron chi connectivity index (χ0n) is 29.5. The molecule has 1 saturated carbocycles. The molecule has 0 unspecified atom stereocenters. The van der Waals surface area contributed by atoms with Gasteiger partial charge in [-0.05, 0) is 52.6 Å². The summed E-state index contributed by atoms with van der Waals surface area (Å²) in [6.07, 6.45) is 33.2. The third-order valence-corrected chi connectivity index (χ3v) is 8.04. The molecule has 1 aliphatic carbocycles. The van der Waals surface area contributed by atoms with Crippen molar-refractivity contribution >= 4 is 15.6 Å². The van der Waals surface area contributed by atoms with Crippen LogP contribution in [-0.4, -0.2) is 81.2 Å². The Morgan fingerprint density at radius 1 is 0.591 bits per heavy atom. The van der Waals surface area contributed by atoms with Crippen LogP contribution in [-0.2, 0) is 9.13 Å². The fourth-order valence-corrected chi connectivity index (χ4v) is 5.41. The van der Waals surface area contributed by atoms with Crippen LogP contribution in [0.3, 0.4) is 0 Å². The zero-order valence-corrected chi connectivity index (χ0v) is 31.3. The molecule has 0 radical (unpaired) electrons. The lowest BCUT2D eigenvalue weighted by atomic mass is 9.97. The van der Waals surface area contributed by atoms with Gasteiger partial charge in [-0.15, -0.1) is 0 Å². The van der Waals surface area contributed by atoms with Gasteiger partial charge in [0.05, 0.1) is 27.2 Å². The standard InChI is InChI=1S/C20H44N.C12H25N.2H3O4P/c1-5-7-9-11-13-15-17-19-21(3,4)20-18-16-14-12-10-8-6-2;1-13(2)12-10-8-6-4-3-5-7-9-11-12;2*1-5(2,3)4/h5-20H2,1-4H3;12H,3-11H2,1-2H3;2*(H3,1,2,3,4)/q+1;;;/p-1. The van der Waals surface area contributed by atoms with Gasteiger partial charge in [0.15, 0.2) is 0 Å². The van der Waals surface area contributed by atoms with Crippen LogP contribution >= 0.6 is 15.6 Å². The van der Waals surface area contributed by atoms with E-state index in [9.17, 15) is 0 Å². The summed E-state index contributed by atoms with van der Waals surface area (Å²) in [4.78, 5) is 46.9. The molecule has 0 atom stereocenters. The molecule has 0 aliphatic heterocycles. The Hall–Kier alpha value is 0.140. The van der Waals surface area contributed by atoms with Crippen LogP contribution in [0.25, 0.3) is 0 Å². The van der Waals surface area contributed by atoms with Crippen molar-refractivity contribution in [1.29, 1.82) is 0 Å². The van der Waals surface area contributed by atoms with Crippen LogP contribution in [0.15, 0.2) is 0 Å². The van der Waals surface area contributed by atoms with E-state index in [-0.39, 0.29) is 0 Å². The van der Waals surface area contributed by atoms with Crippen LogP contribution in [0.2, 0.25) is 0 Å². The van der Waals surface area contributed by atoms with Crippen LogP contribution < -0.4 is 4.89 Å². The van der Waals surface area contributed by atoms with Crippen molar-refractivity contribution in [2.24, 2.45) is 0 Å². The fraction of sp³-hybridized carbons (Fsp3) is 1.00. The maximum Gasteiger partial charge on any atom is 0.466 e. The maximum absolute atomic E-state index is 8.88. The highest BCUT2D eigenvalue weighted by molar-refractivity contribution is 7.45. The highest BCUT2D eigenvalue weighted by Crippen LogP contribution is 2.26. The first-order chi connectivity index (χ1) is 20.4. The molecule has 1 rings (SSSR count).